The maximum Gasteiger partial charge on any atom is 0.167 e. The molecule has 1 aliphatic heterocycles. The van der Waals surface area contributed by atoms with Crippen LogP contribution >= 0.6 is 0 Å². The number of nitrogens with zero attached hydrogens (tertiary/aromatic N) is 5. The van der Waals surface area contributed by atoms with Crippen molar-refractivity contribution in [2.45, 2.75) is 25.4 Å². The van der Waals surface area contributed by atoms with Crippen LogP contribution in [0.25, 0.3) is 22.3 Å². The van der Waals surface area contributed by atoms with E-state index in [1.54, 1.807) is 6.07 Å². The minimum Gasteiger partial charge on any atom is -0.484 e. The molecule has 2 fully saturated rings. The lowest BCUT2D eigenvalue weighted by molar-refractivity contribution is 0.191. The molecule has 1 aliphatic carbocycles. The van der Waals surface area contributed by atoms with Gasteiger partial charge in [-0.3, -0.25) is 10.00 Å². The number of piperazine rings is 1. The molecule has 0 spiro atoms. The van der Waals surface area contributed by atoms with E-state index in [1.807, 2.05) is 13.0 Å². The lowest BCUT2D eigenvalue weighted by atomic mass is 10.1. The SMILES string of the molecule is CC1(Oc2cc3c(-c4cc(N5CCN(CCF)CC5)ncn4)n[nH]c3cc2F)CC1. The highest BCUT2D eigenvalue weighted by atomic mass is 19.1. The minimum absolute atomic E-state index is 0.239. The monoisotopic (exact) mass is 414 g/mol. The molecule has 0 bridgehead atoms. The van der Waals surface area contributed by atoms with Gasteiger partial charge in [-0.1, -0.05) is 0 Å². The first-order chi connectivity index (χ1) is 14.5. The summed E-state index contributed by atoms with van der Waals surface area (Å²) in [6, 6.07) is 5.01. The Labute approximate surface area is 173 Å². The Morgan fingerprint density at radius 2 is 1.93 bits per heavy atom. The van der Waals surface area contributed by atoms with Gasteiger partial charge in [0.25, 0.3) is 0 Å². The van der Waals surface area contributed by atoms with E-state index >= 15 is 0 Å². The van der Waals surface area contributed by atoms with Gasteiger partial charge in [0.15, 0.2) is 11.6 Å². The molecule has 0 unspecified atom stereocenters. The molecule has 158 valence electrons. The van der Waals surface area contributed by atoms with Crippen molar-refractivity contribution in [3.63, 3.8) is 0 Å². The Bertz CT molecular complexity index is 1060. The van der Waals surface area contributed by atoms with Gasteiger partial charge < -0.3 is 9.64 Å². The van der Waals surface area contributed by atoms with E-state index in [-0.39, 0.29) is 18.0 Å². The van der Waals surface area contributed by atoms with Crippen LogP contribution in [0.4, 0.5) is 14.6 Å². The first-order valence-corrected chi connectivity index (χ1v) is 10.3. The van der Waals surface area contributed by atoms with E-state index in [9.17, 15) is 8.78 Å². The van der Waals surface area contributed by atoms with Gasteiger partial charge in [0.05, 0.1) is 11.2 Å². The third-order valence-electron chi connectivity index (χ3n) is 5.92. The number of fused-ring (bicyclic) bond motifs is 1. The molecular formula is C21H24F2N6O. The van der Waals surface area contributed by atoms with Gasteiger partial charge >= 0.3 is 0 Å². The molecule has 5 rings (SSSR count). The molecule has 1 saturated heterocycles. The van der Waals surface area contributed by atoms with Gasteiger partial charge in [-0.2, -0.15) is 5.10 Å². The van der Waals surface area contributed by atoms with Crippen molar-refractivity contribution in [1.29, 1.82) is 0 Å². The first kappa shape index (κ1) is 19.2. The number of aromatic amines is 1. The predicted molar refractivity (Wildman–Crippen MR) is 110 cm³/mol. The summed E-state index contributed by atoms with van der Waals surface area (Å²) in [6.45, 7) is 5.29. The van der Waals surface area contributed by atoms with Crippen LogP contribution in [0, 0.1) is 5.82 Å². The fourth-order valence-corrected chi connectivity index (χ4v) is 3.80. The minimum atomic E-state index is -0.402. The summed E-state index contributed by atoms with van der Waals surface area (Å²) in [6.07, 6.45) is 3.37. The Morgan fingerprint density at radius 1 is 1.13 bits per heavy atom. The van der Waals surface area contributed by atoms with Crippen LogP contribution in [-0.4, -0.2) is 70.1 Å². The van der Waals surface area contributed by atoms with Crippen LogP contribution in [0.15, 0.2) is 24.5 Å². The number of H-pyrrole nitrogens is 1. The summed E-state index contributed by atoms with van der Waals surface area (Å²) in [5, 5.41) is 8.02. The Morgan fingerprint density at radius 3 is 2.67 bits per heavy atom. The molecule has 3 heterocycles. The van der Waals surface area contributed by atoms with E-state index in [4.69, 9.17) is 4.74 Å². The van der Waals surface area contributed by atoms with Gasteiger partial charge in [0, 0.05) is 50.2 Å². The molecular weight excluding hydrogens is 390 g/mol. The van der Waals surface area contributed by atoms with Gasteiger partial charge in [0.2, 0.25) is 0 Å². The van der Waals surface area contributed by atoms with E-state index in [1.165, 1.54) is 12.4 Å². The molecule has 7 nitrogen and oxygen atoms in total. The average molecular weight is 414 g/mol. The standard InChI is InChI=1S/C21H24F2N6O/c1-21(2-3-21)30-18-10-14-16(11-15(18)23)26-27-20(14)17-12-19(25-13-24-17)29-8-6-28(5-4-22)7-9-29/h10-13H,2-9H2,1H3,(H,26,27). The number of ether oxygens (including phenoxy) is 1. The number of benzene rings is 1. The second kappa shape index (κ2) is 7.46. The number of halogens is 2. The summed E-state index contributed by atoms with van der Waals surface area (Å²) in [7, 11) is 0. The zero-order chi connectivity index (χ0) is 20.7. The summed E-state index contributed by atoms with van der Waals surface area (Å²) in [5.41, 5.74) is 1.61. The number of rotatable bonds is 6. The summed E-state index contributed by atoms with van der Waals surface area (Å²) in [4.78, 5) is 13.1. The van der Waals surface area contributed by atoms with Crippen LogP contribution in [0.1, 0.15) is 19.8 Å². The second-order valence-electron chi connectivity index (χ2n) is 8.23. The molecule has 30 heavy (non-hydrogen) atoms. The van der Waals surface area contributed by atoms with Crippen molar-refractivity contribution in [2.24, 2.45) is 0 Å². The molecule has 3 aromatic rings. The van der Waals surface area contributed by atoms with Crippen LogP contribution in [0.3, 0.4) is 0 Å². The van der Waals surface area contributed by atoms with E-state index in [2.05, 4.69) is 30.0 Å². The third kappa shape index (κ3) is 3.69. The highest BCUT2D eigenvalue weighted by molar-refractivity contribution is 5.93. The lowest BCUT2D eigenvalue weighted by Gasteiger charge is -2.34. The number of hydrogen-bond donors (Lipinski definition) is 1. The van der Waals surface area contributed by atoms with Gasteiger partial charge in [0.1, 0.15) is 30.1 Å². The number of nitrogens with one attached hydrogen (secondary N) is 1. The maximum atomic E-state index is 14.5. The Kier molecular flexibility index (Phi) is 4.77. The number of anilines is 1. The largest absolute Gasteiger partial charge is 0.484 e. The molecule has 2 aromatic heterocycles. The van der Waals surface area contributed by atoms with Crippen molar-refractivity contribution in [2.75, 3.05) is 44.3 Å². The smallest absolute Gasteiger partial charge is 0.167 e. The van der Waals surface area contributed by atoms with Crippen LogP contribution in [0.2, 0.25) is 0 Å². The summed E-state index contributed by atoms with van der Waals surface area (Å²) < 4.78 is 32.9. The number of aromatic nitrogens is 4. The van der Waals surface area contributed by atoms with E-state index in [0.717, 1.165) is 50.2 Å². The molecule has 1 aromatic carbocycles. The third-order valence-corrected chi connectivity index (χ3v) is 5.92. The normalized spacial score (nSPS) is 18.7. The highest BCUT2D eigenvalue weighted by Gasteiger charge is 2.40. The van der Waals surface area contributed by atoms with Crippen molar-refractivity contribution < 1.29 is 13.5 Å². The van der Waals surface area contributed by atoms with Gasteiger partial charge in [-0.05, 0) is 25.8 Å². The average Bonchev–Trinajstić information content (AvgIpc) is 3.34. The predicted octanol–water partition coefficient (Wildman–Crippen LogP) is 3.18. The zero-order valence-corrected chi connectivity index (χ0v) is 16.9. The fraction of sp³-hybridized carbons (Fsp3) is 0.476. The highest BCUT2D eigenvalue weighted by Crippen LogP contribution is 2.41. The van der Waals surface area contributed by atoms with E-state index in [0.29, 0.717) is 23.4 Å². The van der Waals surface area contributed by atoms with Crippen molar-refractivity contribution in [1.82, 2.24) is 25.1 Å². The van der Waals surface area contributed by atoms with Crippen molar-refractivity contribution >= 4 is 16.7 Å². The molecule has 1 saturated carbocycles. The molecule has 0 amide bonds. The molecule has 9 heteroatoms. The molecule has 1 N–H and O–H groups in total. The number of alkyl halides is 1. The molecule has 2 aliphatic rings. The molecule has 0 atom stereocenters. The van der Waals surface area contributed by atoms with Crippen LogP contribution in [0.5, 0.6) is 5.75 Å². The quantitative estimate of drug-likeness (QED) is 0.668. The topological polar surface area (TPSA) is 70.2 Å². The first-order valence-electron chi connectivity index (χ1n) is 10.3. The lowest BCUT2D eigenvalue weighted by Crippen LogP contribution is -2.47. The Hall–Kier alpha value is -2.81. The van der Waals surface area contributed by atoms with Gasteiger partial charge in [-0.25, -0.2) is 18.7 Å². The fourth-order valence-electron chi connectivity index (χ4n) is 3.80. The second-order valence-corrected chi connectivity index (χ2v) is 8.23. The van der Waals surface area contributed by atoms with Crippen LogP contribution < -0.4 is 9.64 Å². The van der Waals surface area contributed by atoms with Crippen molar-refractivity contribution in [3.05, 3.63) is 30.3 Å². The van der Waals surface area contributed by atoms with E-state index < -0.39 is 5.82 Å². The number of hydrogen-bond acceptors (Lipinski definition) is 6. The molecule has 0 radical (unpaired) electrons. The summed E-state index contributed by atoms with van der Waals surface area (Å²) >= 11 is 0. The van der Waals surface area contributed by atoms with Crippen molar-refractivity contribution in [3.8, 4) is 17.1 Å². The van der Waals surface area contributed by atoms with Crippen LogP contribution in [-0.2, 0) is 0 Å². The summed E-state index contributed by atoms with van der Waals surface area (Å²) in [5.74, 6) is 0.642. The Balaban J connectivity index is 1.43. The maximum absolute atomic E-state index is 14.5. The zero-order valence-electron chi connectivity index (χ0n) is 16.9. The van der Waals surface area contributed by atoms with Gasteiger partial charge in [-0.15, -0.1) is 0 Å².